The normalized spacial score (nSPS) is 11.9. The predicted molar refractivity (Wildman–Crippen MR) is 115 cm³/mol. The summed E-state index contributed by atoms with van der Waals surface area (Å²) in [4.78, 5) is 24.7. The van der Waals surface area contributed by atoms with Crippen LogP contribution in [0.25, 0.3) is 0 Å². The van der Waals surface area contributed by atoms with E-state index in [2.05, 4.69) is 25.7 Å². The monoisotopic (exact) mass is 477 g/mol. The van der Waals surface area contributed by atoms with Crippen LogP contribution < -0.4 is 15.5 Å². The van der Waals surface area contributed by atoms with Crippen molar-refractivity contribution in [2.45, 2.75) is 19.5 Å². The van der Waals surface area contributed by atoms with Crippen molar-refractivity contribution in [3.8, 4) is 5.75 Å². The standard InChI is InChI=1S/C22H19F4N5O3/c1-13(14-5-3-7-16(11-14)28-20(33)18-9-10-27-31(18)2)29-30-19(32)15-6-4-8-17(12-15)34-22(25,26)21(23)24/h3-12,21H,1-2H3,(H,28,33)(H,30,32)/b29-13-. The summed E-state index contributed by atoms with van der Waals surface area (Å²) in [7, 11) is 1.64. The maximum Gasteiger partial charge on any atom is 0.461 e. The third-order valence-corrected chi connectivity index (χ3v) is 4.52. The van der Waals surface area contributed by atoms with E-state index in [1.165, 1.54) is 23.0 Å². The average molecular weight is 477 g/mol. The van der Waals surface area contributed by atoms with Gasteiger partial charge in [-0.1, -0.05) is 18.2 Å². The molecule has 34 heavy (non-hydrogen) atoms. The van der Waals surface area contributed by atoms with Crippen LogP contribution in [0.2, 0.25) is 0 Å². The number of hydrazone groups is 1. The Morgan fingerprint density at radius 3 is 2.44 bits per heavy atom. The van der Waals surface area contributed by atoms with E-state index in [-0.39, 0.29) is 11.5 Å². The molecule has 178 valence electrons. The molecule has 1 aromatic heterocycles. The molecule has 8 nitrogen and oxygen atoms in total. The molecule has 1 heterocycles. The number of amides is 2. The molecular weight excluding hydrogens is 458 g/mol. The number of halogens is 4. The zero-order chi connectivity index (χ0) is 24.9. The minimum absolute atomic E-state index is 0.128. The SMILES string of the molecule is C/C(=N/NC(=O)c1cccc(OC(F)(F)C(F)F)c1)c1cccc(NC(=O)c2ccnn2C)c1. The minimum atomic E-state index is -4.69. The molecule has 0 saturated heterocycles. The van der Waals surface area contributed by atoms with Crippen LogP contribution in [0.1, 0.15) is 33.3 Å². The highest BCUT2D eigenvalue weighted by molar-refractivity contribution is 6.05. The number of hydrogen-bond donors (Lipinski definition) is 2. The molecule has 0 bridgehead atoms. The van der Waals surface area contributed by atoms with Gasteiger partial charge in [0.2, 0.25) is 0 Å². The molecule has 12 heteroatoms. The van der Waals surface area contributed by atoms with Crippen LogP contribution >= 0.6 is 0 Å². The van der Waals surface area contributed by atoms with Gasteiger partial charge in [0, 0.05) is 24.5 Å². The van der Waals surface area contributed by atoms with Gasteiger partial charge in [-0.15, -0.1) is 0 Å². The molecule has 2 aromatic carbocycles. The number of nitrogens with zero attached hydrogens (tertiary/aromatic N) is 3. The number of aryl methyl sites for hydroxylation is 1. The lowest BCUT2D eigenvalue weighted by Crippen LogP contribution is -2.33. The Kier molecular flexibility index (Phi) is 7.29. The molecule has 3 rings (SSSR count). The Morgan fingerprint density at radius 2 is 1.76 bits per heavy atom. The second kappa shape index (κ2) is 10.1. The van der Waals surface area contributed by atoms with Crippen molar-refractivity contribution in [2.75, 3.05) is 5.32 Å². The van der Waals surface area contributed by atoms with Gasteiger partial charge in [0.25, 0.3) is 11.8 Å². The zero-order valence-electron chi connectivity index (χ0n) is 17.9. The predicted octanol–water partition coefficient (Wildman–Crippen LogP) is 4.06. The summed E-state index contributed by atoms with van der Waals surface area (Å²) >= 11 is 0. The Labute approximate surface area is 191 Å². The number of aromatic nitrogens is 2. The van der Waals surface area contributed by atoms with E-state index in [1.54, 1.807) is 44.3 Å². The fraction of sp³-hybridized carbons (Fsp3) is 0.182. The third kappa shape index (κ3) is 5.97. The molecule has 0 saturated carbocycles. The lowest BCUT2D eigenvalue weighted by Gasteiger charge is -2.17. The first kappa shape index (κ1) is 24.4. The second-order valence-corrected chi connectivity index (χ2v) is 7.01. The van der Waals surface area contributed by atoms with E-state index in [4.69, 9.17) is 0 Å². The zero-order valence-corrected chi connectivity index (χ0v) is 17.9. The van der Waals surface area contributed by atoms with Crippen LogP contribution in [0.5, 0.6) is 5.75 Å². The summed E-state index contributed by atoms with van der Waals surface area (Å²) in [6, 6.07) is 12.7. The Hall–Kier alpha value is -4.22. The van der Waals surface area contributed by atoms with Crippen LogP contribution in [0.4, 0.5) is 23.2 Å². The number of anilines is 1. The summed E-state index contributed by atoms with van der Waals surface area (Å²) in [5.74, 6) is -1.74. The van der Waals surface area contributed by atoms with E-state index in [0.29, 0.717) is 22.7 Å². The molecule has 0 aliphatic carbocycles. The summed E-state index contributed by atoms with van der Waals surface area (Å²) in [5.41, 5.74) is 3.93. The van der Waals surface area contributed by atoms with Gasteiger partial charge in [-0.3, -0.25) is 14.3 Å². The summed E-state index contributed by atoms with van der Waals surface area (Å²) < 4.78 is 56.2. The van der Waals surface area contributed by atoms with Crippen molar-refractivity contribution in [1.29, 1.82) is 0 Å². The van der Waals surface area contributed by atoms with Gasteiger partial charge in [0.15, 0.2) is 0 Å². The summed E-state index contributed by atoms with van der Waals surface area (Å²) in [6.45, 7) is 1.60. The van der Waals surface area contributed by atoms with E-state index in [0.717, 1.165) is 12.1 Å². The van der Waals surface area contributed by atoms with Gasteiger partial charge in [-0.25, -0.2) is 5.43 Å². The quantitative estimate of drug-likeness (QED) is 0.291. The molecule has 3 aromatic rings. The fourth-order valence-corrected chi connectivity index (χ4v) is 2.78. The number of nitrogens with one attached hydrogen (secondary N) is 2. The smallest absolute Gasteiger partial charge is 0.428 e. The molecule has 0 unspecified atom stereocenters. The van der Waals surface area contributed by atoms with E-state index < -0.39 is 24.2 Å². The van der Waals surface area contributed by atoms with Gasteiger partial charge in [-0.05, 0) is 48.9 Å². The number of ether oxygens (including phenoxy) is 1. The highest BCUT2D eigenvalue weighted by atomic mass is 19.3. The first-order valence-corrected chi connectivity index (χ1v) is 9.76. The number of carbonyl (C=O) groups is 2. The number of benzene rings is 2. The molecule has 0 aliphatic rings. The largest absolute Gasteiger partial charge is 0.461 e. The number of carbonyl (C=O) groups excluding carboxylic acids is 2. The van der Waals surface area contributed by atoms with Gasteiger partial charge < -0.3 is 10.1 Å². The maximum absolute atomic E-state index is 13.1. The Balaban J connectivity index is 1.68. The molecule has 2 N–H and O–H groups in total. The molecule has 0 radical (unpaired) electrons. The van der Waals surface area contributed by atoms with Crippen molar-refractivity contribution in [1.82, 2.24) is 15.2 Å². The highest BCUT2D eigenvalue weighted by Crippen LogP contribution is 2.27. The third-order valence-electron chi connectivity index (χ3n) is 4.52. The molecule has 2 amide bonds. The van der Waals surface area contributed by atoms with Crippen molar-refractivity contribution in [3.63, 3.8) is 0 Å². The van der Waals surface area contributed by atoms with Crippen LogP contribution in [0.15, 0.2) is 65.9 Å². The highest BCUT2D eigenvalue weighted by Gasteiger charge is 2.44. The molecule has 0 aliphatic heterocycles. The van der Waals surface area contributed by atoms with E-state index >= 15 is 0 Å². The van der Waals surface area contributed by atoms with Crippen LogP contribution in [-0.4, -0.2) is 39.8 Å². The lowest BCUT2D eigenvalue weighted by atomic mass is 10.1. The molecular formula is C22H19F4N5O3. The topological polar surface area (TPSA) is 97.6 Å². The van der Waals surface area contributed by atoms with Crippen molar-refractivity contribution in [2.24, 2.45) is 12.1 Å². The fourth-order valence-electron chi connectivity index (χ4n) is 2.78. The van der Waals surface area contributed by atoms with Crippen molar-refractivity contribution < 1.29 is 31.9 Å². The summed E-state index contributed by atoms with van der Waals surface area (Å²) in [5, 5.41) is 10.6. The van der Waals surface area contributed by atoms with Crippen molar-refractivity contribution >= 4 is 23.2 Å². The summed E-state index contributed by atoms with van der Waals surface area (Å²) in [6.07, 6.45) is -7.22. The van der Waals surface area contributed by atoms with Crippen LogP contribution in [0, 0.1) is 0 Å². The maximum atomic E-state index is 13.1. The molecule has 0 spiro atoms. The average Bonchev–Trinajstić information content (AvgIpc) is 3.23. The van der Waals surface area contributed by atoms with Crippen molar-refractivity contribution in [3.05, 3.63) is 77.6 Å². The number of alkyl halides is 4. The van der Waals surface area contributed by atoms with E-state index in [1.807, 2.05) is 0 Å². The van der Waals surface area contributed by atoms with Crippen LogP contribution in [-0.2, 0) is 7.05 Å². The van der Waals surface area contributed by atoms with Gasteiger partial charge in [-0.2, -0.15) is 27.8 Å². The van der Waals surface area contributed by atoms with Gasteiger partial charge >= 0.3 is 12.5 Å². The minimum Gasteiger partial charge on any atom is -0.428 e. The molecule has 0 atom stereocenters. The van der Waals surface area contributed by atoms with Gasteiger partial charge in [0.05, 0.1) is 5.71 Å². The Morgan fingerprint density at radius 1 is 1.06 bits per heavy atom. The van der Waals surface area contributed by atoms with E-state index in [9.17, 15) is 27.2 Å². The Bertz CT molecular complexity index is 1230. The number of hydrogen-bond acceptors (Lipinski definition) is 5. The lowest BCUT2D eigenvalue weighted by molar-refractivity contribution is -0.253. The van der Waals surface area contributed by atoms with Gasteiger partial charge in [0.1, 0.15) is 11.4 Å². The first-order valence-electron chi connectivity index (χ1n) is 9.76. The van der Waals surface area contributed by atoms with Crippen LogP contribution in [0.3, 0.4) is 0 Å². The number of rotatable bonds is 8. The first-order chi connectivity index (χ1) is 16.1. The second-order valence-electron chi connectivity index (χ2n) is 7.01. The molecule has 0 fully saturated rings.